The van der Waals surface area contributed by atoms with Gasteiger partial charge in [-0.1, -0.05) is 56.3 Å². The third-order valence-corrected chi connectivity index (χ3v) is 10.7. The summed E-state index contributed by atoms with van der Waals surface area (Å²) in [5, 5.41) is 12.7. The molecule has 0 saturated carbocycles. The van der Waals surface area contributed by atoms with Gasteiger partial charge in [-0.15, -0.1) is 13.2 Å². The minimum Gasteiger partial charge on any atom is -0.494 e. The monoisotopic (exact) mass is 665 g/mol. The van der Waals surface area contributed by atoms with E-state index >= 15 is 4.79 Å². The van der Waals surface area contributed by atoms with Crippen LogP contribution in [0.25, 0.3) is 10.8 Å². The Morgan fingerprint density at radius 3 is 2.22 bits per heavy atom. The summed E-state index contributed by atoms with van der Waals surface area (Å²) in [6.45, 7) is 16.1. The van der Waals surface area contributed by atoms with Crippen LogP contribution in [0, 0.1) is 17.8 Å². The van der Waals surface area contributed by atoms with Crippen molar-refractivity contribution in [3.8, 4) is 5.75 Å². The Hall–Kier alpha value is -4.47. The van der Waals surface area contributed by atoms with Crippen LogP contribution in [-0.4, -0.2) is 77.3 Å². The van der Waals surface area contributed by atoms with E-state index in [-0.39, 0.29) is 43.3 Å². The van der Waals surface area contributed by atoms with Crippen molar-refractivity contribution in [2.75, 3.05) is 36.1 Å². The molecule has 0 aliphatic carbocycles. The summed E-state index contributed by atoms with van der Waals surface area (Å²) in [6, 6.07) is 19.3. The molecule has 2 unspecified atom stereocenters. The van der Waals surface area contributed by atoms with E-state index in [1.807, 2.05) is 94.4 Å². The number of aliphatic hydroxyl groups is 1. The highest BCUT2D eigenvalue weighted by atomic mass is 16.5. The summed E-state index contributed by atoms with van der Waals surface area (Å²) in [5.74, 6) is -2.18. The summed E-state index contributed by atoms with van der Waals surface area (Å²) >= 11 is 0. The highest BCUT2D eigenvalue weighted by molar-refractivity contribution is 6.07. The van der Waals surface area contributed by atoms with E-state index in [0.29, 0.717) is 36.6 Å². The molecule has 3 aromatic carbocycles. The highest BCUT2D eigenvalue weighted by Crippen LogP contribution is 2.64. The number of rotatable bonds is 13. The quantitative estimate of drug-likeness (QED) is 0.233. The first-order chi connectivity index (χ1) is 23.5. The Morgan fingerprint density at radius 1 is 0.980 bits per heavy atom. The second-order valence-corrected chi connectivity index (χ2v) is 13.9. The van der Waals surface area contributed by atoms with E-state index in [2.05, 4.69) is 13.2 Å². The van der Waals surface area contributed by atoms with Crippen molar-refractivity contribution >= 4 is 39.9 Å². The van der Waals surface area contributed by atoms with Crippen LogP contribution in [0.15, 0.2) is 92.0 Å². The molecule has 9 nitrogen and oxygen atoms in total. The fourth-order valence-corrected chi connectivity index (χ4v) is 8.45. The molecule has 49 heavy (non-hydrogen) atoms. The molecule has 0 aromatic heterocycles. The fraction of sp³-hybridized carbons (Fsp3) is 0.425. The molecule has 9 heteroatoms. The number of amides is 3. The number of fused-ring (bicyclic) bond motifs is 2. The van der Waals surface area contributed by atoms with Gasteiger partial charge in [-0.3, -0.25) is 14.4 Å². The molecular formula is C40H47N3O6. The third kappa shape index (κ3) is 5.63. The van der Waals surface area contributed by atoms with E-state index in [9.17, 15) is 14.7 Å². The van der Waals surface area contributed by atoms with Gasteiger partial charge in [0.05, 0.1) is 36.7 Å². The topological polar surface area (TPSA) is 99.6 Å². The molecule has 6 rings (SSSR count). The Morgan fingerprint density at radius 2 is 1.61 bits per heavy atom. The first-order valence-corrected chi connectivity index (χ1v) is 17.2. The minimum absolute atomic E-state index is 0.170. The van der Waals surface area contributed by atoms with Crippen LogP contribution in [0.1, 0.15) is 40.5 Å². The third-order valence-electron chi connectivity index (χ3n) is 10.7. The summed E-state index contributed by atoms with van der Waals surface area (Å²) in [4.78, 5) is 49.7. The lowest BCUT2D eigenvalue weighted by atomic mass is 9.66. The SMILES string of the molecule is C=CCN(C(=O)C1N([C@@H](CO)C(C)C)C(=O)[C@@H]2[C@@H](C(=O)N(CC=C)c3ccc(OCC)cc3)[C@@]3(C)CCC12O3)c1ccc2ccccc2c1. The lowest BCUT2D eigenvalue weighted by molar-refractivity contribution is -0.149. The van der Waals surface area contributed by atoms with Gasteiger partial charge in [-0.25, -0.2) is 0 Å². The van der Waals surface area contributed by atoms with E-state index in [1.165, 1.54) is 0 Å². The van der Waals surface area contributed by atoms with Crippen molar-refractivity contribution in [2.45, 2.75) is 63.8 Å². The van der Waals surface area contributed by atoms with Crippen molar-refractivity contribution in [1.82, 2.24) is 4.90 Å². The molecule has 3 aliphatic heterocycles. The van der Waals surface area contributed by atoms with Crippen molar-refractivity contribution < 1.29 is 29.0 Å². The molecule has 1 spiro atoms. The van der Waals surface area contributed by atoms with Gasteiger partial charge >= 0.3 is 0 Å². The fourth-order valence-electron chi connectivity index (χ4n) is 8.45. The normalized spacial score (nSPS) is 26.1. The molecule has 3 heterocycles. The molecule has 258 valence electrons. The van der Waals surface area contributed by atoms with Crippen LogP contribution < -0.4 is 14.5 Å². The van der Waals surface area contributed by atoms with Gasteiger partial charge in [0, 0.05) is 24.5 Å². The van der Waals surface area contributed by atoms with Gasteiger partial charge in [-0.2, -0.15) is 0 Å². The van der Waals surface area contributed by atoms with Gasteiger partial charge < -0.3 is 29.3 Å². The maximum Gasteiger partial charge on any atom is 0.253 e. The van der Waals surface area contributed by atoms with E-state index < -0.39 is 35.1 Å². The van der Waals surface area contributed by atoms with Crippen LogP contribution in [0.2, 0.25) is 0 Å². The van der Waals surface area contributed by atoms with E-state index in [4.69, 9.17) is 9.47 Å². The standard InChI is InChI=1S/C40H47N3O6/c1-7-22-41(29-16-18-31(19-17-29)48-9-3)36(45)33-34-37(46)43(32(25-44)26(4)5)35(40(34)21-20-39(33,6)49-40)38(47)42(23-8-2)30-15-14-27-12-10-11-13-28(27)24-30/h7-8,10-19,24,26,32-35,44H,1-2,9,20-23,25H2,3-6H3/t32-,33-,34-,35?,39+,40?/m0/s1. The number of hydrogen-bond donors (Lipinski definition) is 1. The summed E-state index contributed by atoms with van der Waals surface area (Å²) in [5.41, 5.74) is -0.932. The first kappa shape index (κ1) is 34.4. The van der Waals surface area contributed by atoms with Gasteiger partial charge in [0.25, 0.3) is 5.91 Å². The first-order valence-electron chi connectivity index (χ1n) is 17.2. The number of hydrogen-bond acceptors (Lipinski definition) is 6. The Kier molecular flexibility index (Phi) is 9.44. The molecule has 3 aliphatic rings. The van der Waals surface area contributed by atoms with Crippen molar-refractivity contribution in [1.29, 1.82) is 0 Å². The molecule has 3 aromatic rings. The number of benzene rings is 3. The second kappa shape index (κ2) is 13.4. The van der Waals surface area contributed by atoms with Gasteiger partial charge in [0.2, 0.25) is 11.8 Å². The molecule has 6 atom stereocenters. The summed E-state index contributed by atoms with van der Waals surface area (Å²) < 4.78 is 12.6. The molecule has 1 N–H and O–H groups in total. The Balaban J connectivity index is 1.45. The highest BCUT2D eigenvalue weighted by Gasteiger charge is 2.79. The largest absolute Gasteiger partial charge is 0.494 e. The van der Waals surface area contributed by atoms with Crippen LogP contribution in [0.4, 0.5) is 11.4 Å². The van der Waals surface area contributed by atoms with Gasteiger partial charge in [0.15, 0.2) is 0 Å². The van der Waals surface area contributed by atoms with Crippen LogP contribution >= 0.6 is 0 Å². The molecule has 3 fully saturated rings. The molecule has 3 saturated heterocycles. The van der Waals surface area contributed by atoms with Crippen molar-refractivity contribution in [3.63, 3.8) is 0 Å². The smallest absolute Gasteiger partial charge is 0.253 e. The molecule has 2 bridgehead atoms. The lowest BCUT2D eigenvalue weighted by Gasteiger charge is -2.40. The predicted octanol–water partition coefficient (Wildman–Crippen LogP) is 5.76. The number of anilines is 2. The lowest BCUT2D eigenvalue weighted by Crippen LogP contribution is -2.60. The Labute approximate surface area is 288 Å². The second-order valence-electron chi connectivity index (χ2n) is 13.9. The average Bonchev–Trinajstić information content (AvgIpc) is 3.66. The maximum absolute atomic E-state index is 15.1. The zero-order valence-corrected chi connectivity index (χ0v) is 28.9. The number of ether oxygens (including phenoxy) is 2. The zero-order chi connectivity index (χ0) is 35.1. The van der Waals surface area contributed by atoms with Crippen LogP contribution in [0.5, 0.6) is 5.75 Å². The van der Waals surface area contributed by atoms with E-state index in [0.717, 1.165) is 10.8 Å². The van der Waals surface area contributed by atoms with Gasteiger partial charge in [0.1, 0.15) is 17.4 Å². The van der Waals surface area contributed by atoms with Gasteiger partial charge in [-0.05, 0) is 79.8 Å². The van der Waals surface area contributed by atoms with Crippen LogP contribution in [-0.2, 0) is 19.1 Å². The number of nitrogens with zero attached hydrogens (tertiary/aromatic N) is 3. The van der Waals surface area contributed by atoms with Crippen LogP contribution in [0.3, 0.4) is 0 Å². The number of aliphatic hydroxyl groups excluding tert-OH is 1. The summed E-state index contributed by atoms with van der Waals surface area (Å²) in [7, 11) is 0. The minimum atomic E-state index is -1.26. The summed E-state index contributed by atoms with van der Waals surface area (Å²) in [6.07, 6.45) is 4.25. The number of carbonyl (C=O) groups excluding carboxylic acids is 3. The van der Waals surface area contributed by atoms with E-state index in [1.54, 1.807) is 26.9 Å². The van der Waals surface area contributed by atoms with Crippen molar-refractivity contribution in [3.05, 3.63) is 92.0 Å². The Bertz CT molecular complexity index is 1760. The molecule has 0 radical (unpaired) electrons. The number of likely N-dealkylation sites (tertiary alicyclic amines) is 1. The maximum atomic E-state index is 15.1. The molecular weight excluding hydrogens is 618 g/mol. The predicted molar refractivity (Wildman–Crippen MR) is 191 cm³/mol. The molecule has 3 amide bonds. The zero-order valence-electron chi connectivity index (χ0n) is 28.9. The number of carbonyl (C=O) groups is 3. The average molecular weight is 666 g/mol. The van der Waals surface area contributed by atoms with Crippen molar-refractivity contribution in [2.24, 2.45) is 17.8 Å².